The third-order valence-corrected chi connectivity index (χ3v) is 2.31. The van der Waals surface area contributed by atoms with Gasteiger partial charge in [-0.1, -0.05) is 11.8 Å². The Morgan fingerprint density at radius 1 is 1.57 bits per heavy atom. The van der Waals surface area contributed by atoms with Crippen molar-refractivity contribution in [3.63, 3.8) is 0 Å². The second kappa shape index (κ2) is 3.34. The summed E-state index contributed by atoms with van der Waals surface area (Å²) in [4.78, 5) is 14.8. The Morgan fingerprint density at radius 2 is 2.36 bits per heavy atom. The molecule has 1 heterocycles. The molecule has 0 saturated carbocycles. The van der Waals surface area contributed by atoms with Crippen molar-refractivity contribution in [3.05, 3.63) is 23.8 Å². The van der Waals surface area contributed by atoms with Gasteiger partial charge in [0.15, 0.2) is 5.58 Å². The highest BCUT2D eigenvalue weighted by atomic mass is 32.2. The number of hydrogen-bond donors (Lipinski definition) is 1. The predicted molar refractivity (Wildman–Crippen MR) is 52.7 cm³/mol. The molecule has 0 bridgehead atoms. The third kappa shape index (κ3) is 1.46. The van der Waals surface area contributed by atoms with E-state index < -0.39 is 5.97 Å². The van der Waals surface area contributed by atoms with E-state index in [4.69, 9.17) is 9.52 Å². The molecule has 5 heteroatoms. The van der Waals surface area contributed by atoms with Crippen LogP contribution in [0, 0.1) is 0 Å². The maximum atomic E-state index is 10.7. The van der Waals surface area contributed by atoms with Gasteiger partial charge >= 0.3 is 5.97 Å². The van der Waals surface area contributed by atoms with E-state index in [2.05, 4.69) is 4.98 Å². The number of hydrogen-bond acceptors (Lipinski definition) is 4. The maximum absolute atomic E-state index is 10.7. The number of carboxylic acid groups (broad SMARTS) is 1. The Balaban J connectivity index is 2.59. The van der Waals surface area contributed by atoms with Crippen LogP contribution in [-0.2, 0) is 0 Å². The number of fused-ring (bicyclic) bond motifs is 1. The lowest BCUT2D eigenvalue weighted by atomic mass is 10.2. The van der Waals surface area contributed by atoms with Gasteiger partial charge < -0.3 is 9.52 Å². The van der Waals surface area contributed by atoms with Crippen LogP contribution in [0.1, 0.15) is 10.4 Å². The van der Waals surface area contributed by atoms with E-state index in [1.165, 1.54) is 23.9 Å². The van der Waals surface area contributed by atoms with Crippen molar-refractivity contribution in [1.29, 1.82) is 0 Å². The average molecular weight is 209 g/mol. The fraction of sp³-hybridized carbons (Fsp3) is 0.111. The molecule has 2 rings (SSSR count). The van der Waals surface area contributed by atoms with Crippen molar-refractivity contribution in [2.75, 3.05) is 6.26 Å². The van der Waals surface area contributed by atoms with Gasteiger partial charge in [0.05, 0.1) is 5.56 Å². The number of carbonyl (C=O) groups is 1. The molecule has 0 aliphatic carbocycles. The standard InChI is InChI=1S/C9H7NO3S/c1-14-9-10-6-4-5(8(11)12)2-3-7(6)13-9/h2-4H,1H3,(H,11,12). The van der Waals surface area contributed by atoms with Crippen LogP contribution in [0.2, 0.25) is 0 Å². The molecule has 0 amide bonds. The van der Waals surface area contributed by atoms with E-state index in [1.54, 1.807) is 6.07 Å². The topological polar surface area (TPSA) is 63.3 Å². The Labute approximate surface area is 83.9 Å². The second-order valence-electron chi connectivity index (χ2n) is 2.67. The molecule has 0 atom stereocenters. The van der Waals surface area contributed by atoms with E-state index in [-0.39, 0.29) is 5.56 Å². The molecule has 72 valence electrons. The van der Waals surface area contributed by atoms with E-state index >= 15 is 0 Å². The Morgan fingerprint density at radius 3 is 3.00 bits per heavy atom. The molecule has 0 saturated heterocycles. The van der Waals surface area contributed by atoms with Crippen molar-refractivity contribution in [2.45, 2.75) is 5.22 Å². The number of aromatic carboxylic acids is 1. The molecule has 0 fully saturated rings. The van der Waals surface area contributed by atoms with Gasteiger partial charge in [0, 0.05) is 0 Å². The van der Waals surface area contributed by atoms with Crippen molar-refractivity contribution >= 4 is 28.8 Å². The summed E-state index contributed by atoms with van der Waals surface area (Å²) in [7, 11) is 0. The van der Waals surface area contributed by atoms with Crippen molar-refractivity contribution in [2.24, 2.45) is 0 Å². The minimum Gasteiger partial charge on any atom is -0.478 e. The molecular formula is C9H7NO3S. The largest absolute Gasteiger partial charge is 0.478 e. The van der Waals surface area contributed by atoms with Gasteiger partial charge in [-0.15, -0.1) is 0 Å². The first-order valence-electron chi connectivity index (χ1n) is 3.88. The molecule has 0 aliphatic heterocycles. The van der Waals surface area contributed by atoms with Gasteiger partial charge in [-0.05, 0) is 24.5 Å². The van der Waals surface area contributed by atoms with E-state index in [0.29, 0.717) is 16.3 Å². The fourth-order valence-electron chi connectivity index (χ4n) is 1.13. The highest BCUT2D eigenvalue weighted by Crippen LogP contribution is 2.22. The minimum absolute atomic E-state index is 0.221. The SMILES string of the molecule is CSc1nc2cc(C(=O)O)ccc2o1. The summed E-state index contributed by atoms with van der Waals surface area (Å²) in [6.45, 7) is 0. The van der Waals surface area contributed by atoms with Crippen LogP contribution < -0.4 is 0 Å². The first-order chi connectivity index (χ1) is 6.70. The molecule has 0 aliphatic rings. The summed E-state index contributed by atoms with van der Waals surface area (Å²) < 4.78 is 5.31. The molecule has 4 nitrogen and oxygen atoms in total. The normalized spacial score (nSPS) is 10.6. The maximum Gasteiger partial charge on any atom is 0.335 e. The fourth-order valence-corrected chi connectivity index (χ4v) is 1.49. The summed E-state index contributed by atoms with van der Waals surface area (Å²) in [5, 5.41) is 9.29. The number of carboxylic acids is 1. The van der Waals surface area contributed by atoms with E-state index in [0.717, 1.165) is 0 Å². The lowest BCUT2D eigenvalue weighted by Gasteiger charge is -1.90. The van der Waals surface area contributed by atoms with Crippen LogP contribution in [0.3, 0.4) is 0 Å². The lowest BCUT2D eigenvalue weighted by molar-refractivity contribution is 0.0697. The smallest absolute Gasteiger partial charge is 0.335 e. The summed E-state index contributed by atoms with van der Waals surface area (Å²) in [5.41, 5.74) is 1.41. The Kier molecular flexibility index (Phi) is 2.17. The molecule has 1 N–H and O–H groups in total. The Hall–Kier alpha value is -1.49. The molecule has 0 unspecified atom stereocenters. The number of aromatic nitrogens is 1. The van der Waals surface area contributed by atoms with Gasteiger partial charge in [-0.25, -0.2) is 9.78 Å². The molecule has 14 heavy (non-hydrogen) atoms. The predicted octanol–water partition coefficient (Wildman–Crippen LogP) is 2.25. The molecule has 2 aromatic rings. The molecule has 0 radical (unpaired) electrons. The van der Waals surface area contributed by atoms with Crippen LogP contribution in [0.15, 0.2) is 27.8 Å². The third-order valence-electron chi connectivity index (χ3n) is 1.79. The van der Waals surface area contributed by atoms with Gasteiger partial charge in [0.2, 0.25) is 0 Å². The van der Waals surface area contributed by atoms with Gasteiger partial charge in [-0.2, -0.15) is 0 Å². The summed E-state index contributed by atoms with van der Waals surface area (Å²) >= 11 is 1.38. The first kappa shape index (κ1) is 9.08. The molecular weight excluding hydrogens is 202 g/mol. The van der Waals surface area contributed by atoms with Crippen molar-refractivity contribution < 1.29 is 14.3 Å². The molecule has 1 aromatic heterocycles. The zero-order valence-corrected chi connectivity index (χ0v) is 8.17. The molecule has 0 spiro atoms. The quantitative estimate of drug-likeness (QED) is 0.768. The minimum atomic E-state index is -0.958. The number of nitrogens with zero attached hydrogens (tertiary/aromatic N) is 1. The number of oxazole rings is 1. The highest BCUT2D eigenvalue weighted by Gasteiger charge is 2.08. The van der Waals surface area contributed by atoms with Crippen LogP contribution >= 0.6 is 11.8 Å². The van der Waals surface area contributed by atoms with Crippen LogP contribution in [-0.4, -0.2) is 22.3 Å². The zero-order chi connectivity index (χ0) is 10.1. The van der Waals surface area contributed by atoms with Crippen molar-refractivity contribution in [1.82, 2.24) is 4.98 Å². The molecule has 1 aromatic carbocycles. The van der Waals surface area contributed by atoms with Gasteiger partial charge in [-0.3, -0.25) is 0 Å². The number of rotatable bonds is 2. The van der Waals surface area contributed by atoms with E-state index in [9.17, 15) is 4.79 Å². The highest BCUT2D eigenvalue weighted by molar-refractivity contribution is 7.98. The summed E-state index contributed by atoms with van der Waals surface area (Å²) in [6, 6.07) is 4.62. The zero-order valence-electron chi connectivity index (χ0n) is 7.35. The second-order valence-corrected chi connectivity index (χ2v) is 3.43. The van der Waals surface area contributed by atoms with Crippen LogP contribution in [0.5, 0.6) is 0 Å². The van der Waals surface area contributed by atoms with E-state index in [1.807, 2.05) is 6.26 Å². The van der Waals surface area contributed by atoms with Crippen LogP contribution in [0.25, 0.3) is 11.1 Å². The number of thioether (sulfide) groups is 1. The van der Waals surface area contributed by atoms with Gasteiger partial charge in [0.1, 0.15) is 5.52 Å². The van der Waals surface area contributed by atoms with Crippen molar-refractivity contribution in [3.8, 4) is 0 Å². The lowest BCUT2D eigenvalue weighted by Crippen LogP contribution is -1.94. The summed E-state index contributed by atoms with van der Waals surface area (Å²) in [5.74, 6) is -0.958. The Bertz CT molecular complexity index is 492. The first-order valence-corrected chi connectivity index (χ1v) is 5.11. The number of benzene rings is 1. The monoisotopic (exact) mass is 209 g/mol. The van der Waals surface area contributed by atoms with Crippen LogP contribution in [0.4, 0.5) is 0 Å². The summed E-state index contributed by atoms with van der Waals surface area (Å²) in [6.07, 6.45) is 1.85. The average Bonchev–Trinajstić information content (AvgIpc) is 2.58. The van der Waals surface area contributed by atoms with Gasteiger partial charge in [0.25, 0.3) is 5.22 Å².